The fourth-order valence-electron chi connectivity index (χ4n) is 2.85. The molecule has 2 N–H and O–H groups in total. The van der Waals surface area contributed by atoms with E-state index in [1.165, 1.54) is 0 Å². The number of aromatic nitrogens is 1. The van der Waals surface area contributed by atoms with Crippen LogP contribution in [0.4, 0.5) is 0 Å². The average molecular weight is 394 g/mol. The minimum Gasteiger partial charge on any atom is -0.353 e. The van der Waals surface area contributed by atoms with E-state index in [1.54, 1.807) is 11.3 Å². The fraction of sp³-hybridized carbons (Fsp3) is 0.412. The highest BCUT2D eigenvalue weighted by Crippen LogP contribution is 2.26. The van der Waals surface area contributed by atoms with Crippen molar-refractivity contribution >= 4 is 33.2 Å². The fourth-order valence-corrected chi connectivity index (χ4v) is 4.06. The van der Waals surface area contributed by atoms with Crippen LogP contribution in [0.3, 0.4) is 0 Å². The van der Waals surface area contributed by atoms with E-state index in [0.29, 0.717) is 12.5 Å². The van der Waals surface area contributed by atoms with Gasteiger partial charge in [-0.05, 0) is 38.4 Å². The standard InChI is InChI=1S/C17H20BrN3OS/c1-11-7-14(5-6-19-11)20-16(22)9-15-10-23-17(21-15)12-3-2-4-13(18)8-12/h2-4,8,10-11,14,19H,5-7,9H2,1H3,(H,20,22). The SMILES string of the molecule is CC1CC(NC(=O)Cc2csc(-c3cccc(Br)c3)n2)CCN1. The number of piperidine rings is 1. The van der Waals surface area contributed by atoms with E-state index < -0.39 is 0 Å². The summed E-state index contributed by atoms with van der Waals surface area (Å²) in [7, 11) is 0. The van der Waals surface area contributed by atoms with Crippen LogP contribution in [0.15, 0.2) is 34.1 Å². The molecule has 1 aliphatic rings. The van der Waals surface area contributed by atoms with Crippen molar-refractivity contribution in [3.05, 3.63) is 39.8 Å². The topological polar surface area (TPSA) is 54.0 Å². The van der Waals surface area contributed by atoms with E-state index in [9.17, 15) is 4.79 Å². The Labute approximate surface area is 148 Å². The van der Waals surface area contributed by atoms with Gasteiger partial charge in [0.2, 0.25) is 5.91 Å². The zero-order valence-corrected chi connectivity index (χ0v) is 15.4. The van der Waals surface area contributed by atoms with Crippen LogP contribution in [0, 0.1) is 0 Å². The minimum absolute atomic E-state index is 0.0650. The Morgan fingerprint density at radius 1 is 1.52 bits per heavy atom. The highest BCUT2D eigenvalue weighted by atomic mass is 79.9. The third-order valence-electron chi connectivity index (χ3n) is 3.95. The number of halogens is 1. The lowest BCUT2D eigenvalue weighted by Gasteiger charge is -2.28. The van der Waals surface area contributed by atoms with Crippen molar-refractivity contribution in [3.8, 4) is 10.6 Å². The third kappa shape index (κ3) is 4.62. The molecule has 0 aliphatic carbocycles. The van der Waals surface area contributed by atoms with Gasteiger partial charge < -0.3 is 10.6 Å². The van der Waals surface area contributed by atoms with E-state index in [0.717, 1.165) is 40.1 Å². The molecule has 1 aromatic carbocycles. The van der Waals surface area contributed by atoms with Crippen molar-refractivity contribution in [1.82, 2.24) is 15.6 Å². The largest absolute Gasteiger partial charge is 0.353 e. The Hall–Kier alpha value is -1.24. The van der Waals surface area contributed by atoms with Gasteiger partial charge in [0.05, 0.1) is 12.1 Å². The van der Waals surface area contributed by atoms with E-state index in [1.807, 2.05) is 29.6 Å². The number of rotatable bonds is 4. The number of nitrogens with one attached hydrogen (secondary N) is 2. The summed E-state index contributed by atoms with van der Waals surface area (Å²) in [5.41, 5.74) is 1.91. The smallest absolute Gasteiger partial charge is 0.226 e. The highest BCUT2D eigenvalue weighted by Gasteiger charge is 2.20. The second kappa shape index (κ2) is 7.55. The maximum Gasteiger partial charge on any atom is 0.226 e. The number of hydrogen-bond donors (Lipinski definition) is 2. The molecule has 2 heterocycles. The summed E-state index contributed by atoms with van der Waals surface area (Å²) in [4.78, 5) is 16.8. The lowest BCUT2D eigenvalue weighted by atomic mass is 10.0. The molecule has 0 radical (unpaired) electrons. The molecule has 4 nitrogen and oxygen atoms in total. The minimum atomic E-state index is 0.0650. The van der Waals surface area contributed by atoms with Gasteiger partial charge in [-0.3, -0.25) is 4.79 Å². The Morgan fingerprint density at radius 3 is 3.17 bits per heavy atom. The zero-order valence-electron chi connectivity index (χ0n) is 13.0. The van der Waals surface area contributed by atoms with Crippen molar-refractivity contribution < 1.29 is 4.79 Å². The van der Waals surface area contributed by atoms with Crippen molar-refractivity contribution in [2.75, 3.05) is 6.54 Å². The van der Waals surface area contributed by atoms with Crippen LogP contribution in [0.25, 0.3) is 10.6 Å². The molecular weight excluding hydrogens is 374 g/mol. The zero-order chi connectivity index (χ0) is 16.2. The molecule has 2 atom stereocenters. The summed E-state index contributed by atoms with van der Waals surface area (Å²) < 4.78 is 1.03. The molecule has 1 amide bonds. The summed E-state index contributed by atoms with van der Waals surface area (Å²) in [5, 5.41) is 9.45. The molecule has 0 spiro atoms. The van der Waals surface area contributed by atoms with Crippen LogP contribution in [-0.4, -0.2) is 29.5 Å². The van der Waals surface area contributed by atoms with Crippen molar-refractivity contribution in [3.63, 3.8) is 0 Å². The first kappa shape index (κ1) is 16.6. The highest BCUT2D eigenvalue weighted by molar-refractivity contribution is 9.10. The Balaban J connectivity index is 1.59. The van der Waals surface area contributed by atoms with Gasteiger partial charge in [-0.1, -0.05) is 28.1 Å². The monoisotopic (exact) mass is 393 g/mol. The van der Waals surface area contributed by atoms with Crippen LogP contribution < -0.4 is 10.6 Å². The predicted octanol–water partition coefficient (Wildman–Crippen LogP) is 3.37. The predicted molar refractivity (Wildman–Crippen MR) is 97.6 cm³/mol. The number of nitrogens with zero attached hydrogens (tertiary/aromatic N) is 1. The van der Waals surface area contributed by atoms with E-state index >= 15 is 0 Å². The van der Waals surface area contributed by atoms with Crippen molar-refractivity contribution in [1.29, 1.82) is 0 Å². The first-order valence-electron chi connectivity index (χ1n) is 7.83. The molecule has 0 saturated carbocycles. The second-order valence-corrected chi connectivity index (χ2v) is 7.75. The van der Waals surface area contributed by atoms with Gasteiger partial charge >= 0.3 is 0 Å². The first-order chi connectivity index (χ1) is 11.1. The van der Waals surface area contributed by atoms with E-state index in [4.69, 9.17) is 0 Å². The summed E-state index contributed by atoms with van der Waals surface area (Å²) in [6, 6.07) is 8.80. The lowest BCUT2D eigenvalue weighted by molar-refractivity contribution is -0.121. The molecule has 3 rings (SSSR count). The van der Waals surface area contributed by atoms with Gasteiger partial charge in [0.1, 0.15) is 5.01 Å². The number of hydrogen-bond acceptors (Lipinski definition) is 4. The molecule has 1 aliphatic heterocycles. The molecule has 0 bridgehead atoms. The third-order valence-corrected chi connectivity index (χ3v) is 5.39. The van der Waals surface area contributed by atoms with E-state index in [-0.39, 0.29) is 11.9 Å². The van der Waals surface area contributed by atoms with Crippen LogP contribution in [0.5, 0.6) is 0 Å². The Bertz CT molecular complexity index is 688. The quantitative estimate of drug-likeness (QED) is 0.836. The molecule has 2 unspecified atom stereocenters. The van der Waals surface area contributed by atoms with Crippen molar-refractivity contribution in [2.45, 2.75) is 38.3 Å². The maximum atomic E-state index is 12.2. The number of thiazole rings is 1. The number of amides is 1. The van der Waals surface area contributed by atoms with Gasteiger partial charge in [0, 0.05) is 27.5 Å². The first-order valence-corrected chi connectivity index (χ1v) is 9.50. The van der Waals surface area contributed by atoms with Crippen LogP contribution >= 0.6 is 27.3 Å². The molecule has 2 aromatic rings. The second-order valence-electron chi connectivity index (χ2n) is 5.98. The summed E-state index contributed by atoms with van der Waals surface area (Å²) in [6.07, 6.45) is 2.34. The maximum absolute atomic E-state index is 12.2. The molecule has 1 fully saturated rings. The molecule has 1 saturated heterocycles. The molecule has 1 aromatic heterocycles. The van der Waals surface area contributed by atoms with Gasteiger partial charge in [0.25, 0.3) is 0 Å². The normalized spacial score (nSPS) is 21.1. The van der Waals surface area contributed by atoms with Crippen molar-refractivity contribution in [2.24, 2.45) is 0 Å². The van der Waals surface area contributed by atoms with Crippen LogP contribution in [-0.2, 0) is 11.2 Å². The summed E-state index contributed by atoms with van der Waals surface area (Å²) in [5.74, 6) is 0.0650. The van der Waals surface area contributed by atoms with E-state index in [2.05, 4.69) is 38.5 Å². The van der Waals surface area contributed by atoms with Crippen LogP contribution in [0.1, 0.15) is 25.5 Å². The lowest BCUT2D eigenvalue weighted by Crippen LogP contribution is -2.46. The van der Waals surface area contributed by atoms with Gasteiger partial charge in [-0.15, -0.1) is 11.3 Å². The van der Waals surface area contributed by atoms with Gasteiger partial charge in [-0.25, -0.2) is 4.98 Å². The van der Waals surface area contributed by atoms with Gasteiger partial charge in [0.15, 0.2) is 0 Å². The summed E-state index contributed by atoms with van der Waals surface area (Å²) in [6.45, 7) is 3.12. The molecule has 23 heavy (non-hydrogen) atoms. The average Bonchev–Trinajstić information content (AvgIpc) is 2.95. The summed E-state index contributed by atoms with van der Waals surface area (Å²) >= 11 is 5.05. The Morgan fingerprint density at radius 2 is 2.39 bits per heavy atom. The van der Waals surface area contributed by atoms with Crippen LogP contribution in [0.2, 0.25) is 0 Å². The Kier molecular flexibility index (Phi) is 5.46. The number of carbonyl (C=O) groups is 1. The molecular formula is C17H20BrN3OS. The van der Waals surface area contributed by atoms with Gasteiger partial charge in [-0.2, -0.15) is 0 Å². The number of benzene rings is 1. The molecule has 6 heteroatoms. The number of carbonyl (C=O) groups excluding carboxylic acids is 1. The molecule has 122 valence electrons.